The SMILES string of the molecule is COCC(CN1C(=O)C(CC(C)C)NC(=O)C1C)OC. The standard InChI is InChI=1S/C14H26N2O4/c1-9(2)6-12-14(18)16(10(3)13(17)15-12)7-11(20-5)8-19-4/h9-12H,6-8H2,1-5H3,(H,15,17). The number of carbonyl (C=O) groups is 2. The van der Waals surface area contributed by atoms with Crippen molar-refractivity contribution in [1.29, 1.82) is 0 Å². The highest BCUT2D eigenvalue weighted by molar-refractivity contribution is 5.96. The minimum Gasteiger partial charge on any atom is -0.382 e. The lowest BCUT2D eigenvalue weighted by Crippen LogP contribution is -2.64. The molecule has 2 amide bonds. The van der Waals surface area contributed by atoms with Crippen LogP contribution in [-0.4, -0.2) is 62.3 Å². The molecule has 0 radical (unpaired) electrons. The average molecular weight is 286 g/mol. The van der Waals surface area contributed by atoms with Gasteiger partial charge in [0.2, 0.25) is 11.8 Å². The van der Waals surface area contributed by atoms with Crippen molar-refractivity contribution in [3.8, 4) is 0 Å². The highest BCUT2D eigenvalue weighted by atomic mass is 16.5. The van der Waals surface area contributed by atoms with Crippen molar-refractivity contribution in [2.24, 2.45) is 5.92 Å². The van der Waals surface area contributed by atoms with Gasteiger partial charge in [0.1, 0.15) is 12.1 Å². The van der Waals surface area contributed by atoms with Gasteiger partial charge < -0.3 is 19.7 Å². The second-order valence-corrected chi connectivity index (χ2v) is 5.67. The van der Waals surface area contributed by atoms with Gasteiger partial charge in [-0.3, -0.25) is 9.59 Å². The van der Waals surface area contributed by atoms with E-state index in [2.05, 4.69) is 5.32 Å². The molecule has 0 aromatic rings. The van der Waals surface area contributed by atoms with Crippen LogP contribution in [-0.2, 0) is 19.1 Å². The predicted molar refractivity (Wildman–Crippen MR) is 75.2 cm³/mol. The van der Waals surface area contributed by atoms with Gasteiger partial charge in [-0.15, -0.1) is 0 Å². The molecule has 1 rings (SSSR count). The lowest BCUT2D eigenvalue weighted by atomic mass is 9.98. The Kier molecular flexibility index (Phi) is 6.42. The molecule has 0 aromatic heterocycles. The summed E-state index contributed by atoms with van der Waals surface area (Å²) in [6.07, 6.45) is 0.424. The first-order valence-corrected chi connectivity index (χ1v) is 7.03. The maximum atomic E-state index is 12.5. The fourth-order valence-corrected chi connectivity index (χ4v) is 2.37. The second-order valence-electron chi connectivity index (χ2n) is 5.67. The van der Waals surface area contributed by atoms with Gasteiger partial charge in [-0.05, 0) is 19.3 Å². The zero-order chi connectivity index (χ0) is 15.3. The molecule has 6 heteroatoms. The molecule has 0 saturated carbocycles. The molecular weight excluding hydrogens is 260 g/mol. The van der Waals surface area contributed by atoms with Crippen LogP contribution in [0, 0.1) is 5.92 Å². The Labute approximate surface area is 120 Å². The van der Waals surface area contributed by atoms with Crippen LogP contribution in [0.5, 0.6) is 0 Å². The number of nitrogens with zero attached hydrogens (tertiary/aromatic N) is 1. The van der Waals surface area contributed by atoms with Crippen LogP contribution in [0.3, 0.4) is 0 Å². The lowest BCUT2D eigenvalue weighted by Gasteiger charge is -2.39. The Morgan fingerprint density at radius 3 is 2.45 bits per heavy atom. The largest absolute Gasteiger partial charge is 0.382 e. The van der Waals surface area contributed by atoms with Gasteiger partial charge in [-0.25, -0.2) is 0 Å². The topological polar surface area (TPSA) is 67.9 Å². The van der Waals surface area contributed by atoms with Gasteiger partial charge in [0.05, 0.1) is 12.7 Å². The van der Waals surface area contributed by atoms with Gasteiger partial charge in [-0.2, -0.15) is 0 Å². The van der Waals surface area contributed by atoms with E-state index in [9.17, 15) is 9.59 Å². The molecule has 116 valence electrons. The first-order chi connectivity index (χ1) is 9.40. The summed E-state index contributed by atoms with van der Waals surface area (Å²) < 4.78 is 10.4. The van der Waals surface area contributed by atoms with Crippen molar-refractivity contribution < 1.29 is 19.1 Å². The summed E-state index contributed by atoms with van der Waals surface area (Å²) in [5, 5.41) is 2.80. The van der Waals surface area contributed by atoms with Crippen LogP contribution in [0.15, 0.2) is 0 Å². The zero-order valence-corrected chi connectivity index (χ0v) is 13.0. The summed E-state index contributed by atoms with van der Waals surface area (Å²) in [6.45, 7) is 6.56. The van der Waals surface area contributed by atoms with E-state index in [1.807, 2.05) is 13.8 Å². The minimum absolute atomic E-state index is 0.0380. The molecule has 1 heterocycles. The van der Waals surface area contributed by atoms with Crippen LogP contribution in [0.2, 0.25) is 0 Å². The van der Waals surface area contributed by atoms with Gasteiger partial charge in [0.25, 0.3) is 0 Å². The number of carbonyl (C=O) groups excluding carboxylic acids is 2. The van der Waals surface area contributed by atoms with Crippen molar-refractivity contribution in [2.45, 2.75) is 45.4 Å². The molecule has 1 aliphatic rings. The first kappa shape index (κ1) is 16.9. The maximum Gasteiger partial charge on any atom is 0.245 e. The molecule has 1 fully saturated rings. The number of amides is 2. The van der Waals surface area contributed by atoms with E-state index in [4.69, 9.17) is 9.47 Å². The summed E-state index contributed by atoms with van der Waals surface area (Å²) in [7, 11) is 3.16. The number of hydrogen-bond donors (Lipinski definition) is 1. The number of methoxy groups -OCH3 is 2. The van der Waals surface area contributed by atoms with Crippen LogP contribution >= 0.6 is 0 Å². The molecular formula is C14H26N2O4. The van der Waals surface area contributed by atoms with Crippen molar-refractivity contribution >= 4 is 11.8 Å². The quantitative estimate of drug-likeness (QED) is 0.736. The third-order valence-electron chi connectivity index (χ3n) is 3.54. The second kappa shape index (κ2) is 7.59. The molecule has 1 N–H and O–H groups in total. The van der Waals surface area contributed by atoms with Gasteiger partial charge >= 0.3 is 0 Å². The summed E-state index contributed by atoms with van der Waals surface area (Å²) in [6, 6.07) is -0.904. The van der Waals surface area contributed by atoms with Gasteiger partial charge in [0.15, 0.2) is 0 Å². The van der Waals surface area contributed by atoms with E-state index in [0.717, 1.165) is 0 Å². The van der Waals surface area contributed by atoms with Crippen molar-refractivity contribution in [2.75, 3.05) is 27.4 Å². The average Bonchev–Trinajstić information content (AvgIpc) is 2.39. The molecule has 3 unspecified atom stereocenters. The smallest absolute Gasteiger partial charge is 0.245 e. The van der Waals surface area contributed by atoms with Crippen LogP contribution < -0.4 is 5.32 Å². The van der Waals surface area contributed by atoms with E-state index < -0.39 is 12.1 Å². The summed E-state index contributed by atoms with van der Waals surface area (Å²) in [5.41, 5.74) is 0. The van der Waals surface area contributed by atoms with Crippen LogP contribution in [0.25, 0.3) is 0 Å². The van der Waals surface area contributed by atoms with Crippen molar-refractivity contribution in [3.63, 3.8) is 0 Å². The van der Waals surface area contributed by atoms with E-state index in [0.29, 0.717) is 25.5 Å². The molecule has 0 spiro atoms. The number of ether oxygens (including phenoxy) is 2. The molecule has 1 saturated heterocycles. The van der Waals surface area contributed by atoms with Crippen LogP contribution in [0.4, 0.5) is 0 Å². The van der Waals surface area contributed by atoms with Crippen molar-refractivity contribution in [1.82, 2.24) is 10.2 Å². The monoisotopic (exact) mass is 286 g/mol. The fourth-order valence-electron chi connectivity index (χ4n) is 2.37. The highest BCUT2D eigenvalue weighted by Gasteiger charge is 2.39. The predicted octanol–water partition coefficient (Wildman–Crippen LogP) is 0.409. The Bertz CT molecular complexity index is 346. The molecule has 0 aliphatic carbocycles. The Morgan fingerprint density at radius 1 is 1.30 bits per heavy atom. The molecule has 0 aromatic carbocycles. The van der Waals surface area contributed by atoms with Crippen LogP contribution in [0.1, 0.15) is 27.2 Å². The Hall–Kier alpha value is -1.14. The highest BCUT2D eigenvalue weighted by Crippen LogP contribution is 2.16. The maximum absolute atomic E-state index is 12.5. The minimum atomic E-state index is -0.472. The fraction of sp³-hybridized carbons (Fsp3) is 0.857. The van der Waals surface area contributed by atoms with E-state index in [-0.39, 0.29) is 17.9 Å². The first-order valence-electron chi connectivity index (χ1n) is 7.03. The lowest BCUT2D eigenvalue weighted by molar-refractivity contribution is -0.151. The zero-order valence-electron chi connectivity index (χ0n) is 13.0. The Balaban J connectivity index is 2.79. The third kappa shape index (κ3) is 4.18. The van der Waals surface area contributed by atoms with E-state index in [1.165, 1.54) is 0 Å². The number of nitrogens with one attached hydrogen (secondary N) is 1. The molecule has 0 bridgehead atoms. The number of piperazine rings is 1. The Morgan fingerprint density at radius 2 is 1.95 bits per heavy atom. The summed E-state index contributed by atoms with van der Waals surface area (Å²) in [4.78, 5) is 26.1. The molecule has 6 nitrogen and oxygen atoms in total. The molecule has 3 atom stereocenters. The van der Waals surface area contributed by atoms with Crippen molar-refractivity contribution in [3.05, 3.63) is 0 Å². The van der Waals surface area contributed by atoms with E-state index >= 15 is 0 Å². The normalized spacial score (nSPS) is 25.0. The number of hydrogen-bond acceptors (Lipinski definition) is 4. The van der Waals surface area contributed by atoms with Gasteiger partial charge in [0, 0.05) is 20.8 Å². The molecule has 1 aliphatic heterocycles. The summed E-state index contributed by atoms with van der Waals surface area (Å²) in [5.74, 6) is 0.197. The third-order valence-corrected chi connectivity index (χ3v) is 3.54. The molecule has 20 heavy (non-hydrogen) atoms. The van der Waals surface area contributed by atoms with E-state index in [1.54, 1.807) is 26.0 Å². The summed E-state index contributed by atoms with van der Waals surface area (Å²) >= 11 is 0. The number of rotatable bonds is 7. The van der Waals surface area contributed by atoms with Gasteiger partial charge in [-0.1, -0.05) is 13.8 Å².